The molecule has 0 fully saturated rings. The maximum atomic E-state index is 9.52. The standard InChI is InChI=1S/C21H14ClNO2/c22-17-7-3-14(4-8-17)19-12-16(21-2-1-11-25-21)13-20(23-19)15-5-9-18(24)10-6-15/h1-13,24H. The second-order valence-electron chi connectivity index (χ2n) is 5.66. The SMILES string of the molecule is Oc1ccc(-c2cc(-c3ccco3)cc(-c3ccc(Cl)cc3)n2)cc1. The highest BCUT2D eigenvalue weighted by atomic mass is 35.5. The van der Waals surface area contributed by atoms with Gasteiger partial charge in [0, 0.05) is 21.7 Å². The summed E-state index contributed by atoms with van der Waals surface area (Å²) < 4.78 is 5.55. The molecule has 0 aliphatic rings. The largest absolute Gasteiger partial charge is 0.508 e. The normalized spacial score (nSPS) is 10.8. The van der Waals surface area contributed by atoms with Gasteiger partial charge in [-0.15, -0.1) is 0 Å². The van der Waals surface area contributed by atoms with Gasteiger partial charge in [-0.05, 0) is 60.7 Å². The van der Waals surface area contributed by atoms with Crippen molar-refractivity contribution in [2.75, 3.05) is 0 Å². The van der Waals surface area contributed by atoms with Crippen LogP contribution in [0.1, 0.15) is 0 Å². The molecular weight excluding hydrogens is 334 g/mol. The van der Waals surface area contributed by atoms with Crippen LogP contribution in [0.25, 0.3) is 33.8 Å². The molecule has 0 spiro atoms. The van der Waals surface area contributed by atoms with Crippen LogP contribution >= 0.6 is 11.6 Å². The smallest absolute Gasteiger partial charge is 0.134 e. The summed E-state index contributed by atoms with van der Waals surface area (Å²) in [5.41, 5.74) is 4.46. The Labute approximate surface area is 150 Å². The Morgan fingerprint density at radius 2 is 1.36 bits per heavy atom. The minimum Gasteiger partial charge on any atom is -0.508 e. The Hall–Kier alpha value is -3.04. The fourth-order valence-corrected chi connectivity index (χ4v) is 2.79. The average Bonchev–Trinajstić information content (AvgIpc) is 3.17. The highest BCUT2D eigenvalue weighted by molar-refractivity contribution is 6.30. The van der Waals surface area contributed by atoms with E-state index in [0.29, 0.717) is 5.02 Å². The van der Waals surface area contributed by atoms with E-state index in [4.69, 9.17) is 21.0 Å². The van der Waals surface area contributed by atoms with E-state index in [1.54, 1.807) is 18.4 Å². The summed E-state index contributed by atoms with van der Waals surface area (Å²) in [5, 5.41) is 10.2. The maximum Gasteiger partial charge on any atom is 0.134 e. The molecule has 0 saturated heterocycles. The molecule has 1 N–H and O–H groups in total. The Bertz CT molecular complexity index is 928. The van der Waals surface area contributed by atoms with Gasteiger partial charge in [-0.25, -0.2) is 4.98 Å². The molecule has 0 saturated carbocycles. The molecule has 4 heteroatoms. The van der Waals surface area contributed by atoms with E-state index in [2.05, 4.69) is 0 Å². The van der Waals surface area contributed by atoms with Gasteiger partial charge in [0.05, 0.1) is 17.7 Å². The fourth-order valence-electron chi connectivity index (χ4n) is 2.66. The molecule has 3 nitrogen and oxygen atoms in total. The predicted molar refractivity (Wildman–Crippen MR) is 99.5 cm³/mol. The summed E-state index contributed by atoms with van der Waals surface area (Å²) in [6, 6.07) is 22.3. The first-order valence-electron chi connectivity index (χ1n) is 7.80. The van der Waals surface area contributed by atoms with Crippen LogP contribution in [0.3, 0.4) is 0 Å². The monoisotopic (exact) mass is 347 g/mol. The zero-order chi connectivity index (χ0) is 17.2. The molecule has 4 aromatic rings. The average molecular weight is 348 g/mol. The second-order valence-corrected chi connectivity index (χ2v) is 6.09. The lowest BCUT2D eigenvalue weighted by Gasteiger charge is -2.09. The topological polar surface area (TPSA) is 46.3 Å². The highest BCUT2D eigenvalue weighted by Crippen LogP contribution is 2.31. The van der Waals surface area contributed by atoms with Gasteiger partial charge in [0.1, 0.15) is 11.5 Å². The van der Waals surface area contributed by atoms with Crippen molar-refractivity contribution < 1.29 is 9.52 Å². The molecule has 0 bridgehead atoms. The van der Waals surface area contributed by atoms with Crippen molar-refractivity contribution in [3.63, 3.8) is 0 Å². The lowest BCUT2D eigenvalue weighted by atomic mass is 10.0. The van der Waals surface area contributed by atoms with Crippen LogP contribution in [0.15, 0.2) is 83.5 Å². The van der Waals surface area contributed by atoms with Crippen LogP contribution in [0.5, 0.6) is 5.75 Å². The minimum atomic E-state index is 0.226. The highest BCUT2D eigenvalue weighted by Gasteiger charge is 2.10. The summed E-state index contributed by atoms with van der Waals surface area (Å²) in [5.74, 6) is 1.00. The number of benzene rings is 2. The molecule has 4 rings (SSSR count). The fraction of sp³-hybridized carbons (Fsp3) is 0. The zero-order valence-corrected chi connectivity index (χ0v) is 13.9. The van der Waals surface area contributed by atoms with Crippen molar-refractivity contribution in [2.24, 2.45) is 0 Å². The molecule has 0 aliphatic heterocycles. The van der Waals surface area contributed by atoms with E-state index in [-0.39, 0.29) is 5.75 Å². The van der Waals surface area contributed by atoms with Crippen LogP contribution in [-0.2, 0) is 0 Å². The summed E-state index contributed by atoms with van der Waals surface area (Å²) in [6.07, 6.45) is 1.65. The lowest BCUT2D eigenvalue weighted by Crippen LogP contribution is -1.90. The third kappa shape index (κ3) is 3.28. The number of aromatic nitrogens is 1. The Morgan fingerprint density at radius 3 is 1.92 bits per heavy atom. The van der Waals surface area contributed by atoms with E-state index in [0.717, 1.165) is 33.8 Å². The quantitative estimate of drug-likeness (QED) is 0.491. The third-order valence-corrected chi connectivity index (χ3v) is 4.19. The molecule has 0 atom stereocenters. The van der Waals surface area contributed by atoms with Crippen molar-refractivity contribution in [2.45, 2.75) is 0 Å². The molecule has 122 valence electrons. The number of phenolic OH excluding ortho intramolecular Hbond substituents is 1. The summed E-state index contributed by atoms with van der Waals surface area (Å²) in [7, 11) is 0. The first kappa shape index (κ1) is 15.5. The first-order valence-corrected chi connectivity index (χ1v) is 8.18. The molecule has 0 aliphatic carbocycles. The van der Waals surface area contributed by atoms with Gasteiger partial charge in [0.15, 0.2) is 0 Å². The molecule has 2 aromatic heterocycles. The first-order chi connectivity index (χ1) is 12.2. The Kier molecular flexibility index (Phi) is 4.00. The van der Waals surface area contributed by atoms with Crippen molar-refractivity contribution >= 4 is 11.6 Å². The zero-order valence-electron chi connectivity index (χ0n) is 13.2. The van der Waals surface area contributed by atoms with Crippen molar-refractivity contribution in [3.05, 3.63) is 84.1 Å². The van der Waals surface area contributed by atoms with E-state index >= 15 is 0 Å². The molecule has 0 amide bonds. The van der Waals surface area contributed by atoms with E-state index in [9.17, 15) is 5.11 Å². The number of nitrogens with zero attached hydrogens (tertiary/aromatic N) is 1. The number of pyridine rings is 1. The van der Waals surface area contributed by atoms with E-state index < -0.39 is 0 Å². The maximum absolute atomic E-state index is 9.52. The van der Waals surface area contributed by atoms with E-state index in [1.165, 1.54) is 0 Å². The molecule has 25 heavy (non-hydrogen) atoms. The molecule has 2 heterocycles. The van der Waals surface area contributed by atoms with Gasteiger partial charge >= 0.3 is 0 Å². The number of rotatable bonds is 3. The van der Waals surface area contributed by atoms with Gasteiger partial charge in [0.2, 0.25) is 0 Å². The van der Waals surface area contributed by atoms with Crippen LogP contribution in [-0.4, -0.2) is 10.1 Å². The molecular formula is C21H14ClNO2. The van der Waals surface area contributed by atoms with Crippen molar-refractivity contribution in [1.29, 1.82) is 0 Å². The minimum absolute atomic E-state index is 0.226. The molecule has 0 unspecified atom stereocenters. The van der Waals surface area contributed by atoms with Crippen LogP contribution in [0, 0.1) is 0 Å². The summed E-state index contributed by atoms with van der Waals surface area (Å²) >= 11 is 5.99. The molecule has 0 radical (unpaired) electrons. The van der Waals surface area contributed by atoms with E-state index in [1.807, 2.05) is 60.7 Å². The van der Waals surface area contributed by atoms with Crippen molar-refractivity contribution in [1.82, 2.24) is 4.98 Å². The Balaban J connectivity index is 1.88. The van der Waals surface area contributed by atoms with Gasteiger partial charge in [0.25, 0.3) is 0 Å². The van der Waals surface area contributed by atoms with Gasteiger partial charge < -0.3 is 9.52 Å². The number of halogens is 1. The number of hydrogen-bond donors (Lipinski definition) is 1. The van der Waals surface area contributed by atoms with Crippen LogP contribution < -0.4 is 0 Å². The molecule has 2 aromatic carbocycles. The number of phenols is 1. The van der Waals surface area contributed by atoms with Gasteiger partial charge in [-0.1, -0.05) is 23.7 Å². The summed E-state index contributed by atoms with van der Waals surface area (Å²) in [4.78, 5) is 4.78. The number of furan rings is 1. The number of aromatic hydroxyl groups is 1. The van der Waals surface area contributed by atoms with Gasteiger partial charge in [-0.3, -0.25) is 0 Å². The number of hydrogen-bond acceptors (Lipinski definition) is 3. The van der Waals surface area contributed by atoms with Crippen molar-refractivity contribution in [3.8, 4) is 39.6 Å². The second kappa shape index (κ2) is 6.46. The van der Waals surface area contributed by atoms with Gasteiger partial charge in [-0.2, -0.15) is 0 Å². The Morgan fingerprint density at radius 1 is 0.760 bits per heavy atom. The third-order valence-electron chi connectivity index (χ3n) is 3.93. The lowest BCUT2D eigenvalue weighted by molar-refractivity contribution is 0.475. The predicted octanol–water partition coefficient (Wildman–Crippen LogP) is 6.03. The van der Waals surface area contributed by atoms with Crippen LogP contribution in [0.2, 0.25) is 5.02 Å². The van der Waals surface area contributed by atoms with Crippen LogP contribution in [0.4, 0.5) is 0 Å². The summed E-state index contributed by atoms with van der Waals surface area (Å²) in [6.45, 7) is 0.